The topological polar surface area (TPSA) is 81.2 Å². The second kappa shape index (κ2) is 6.27. The number of anilines is 1. The van der Waals surface area contributed by atoms with Crippen molar-refractivity contribution in [3.8, 4) is 5.75 Å². The van der Waals surface area contributed by atoms with Crippen molar-refractivity contribution in [3.05, 3.63) is 27.7 Å². The molecule has 6 heteroatoms. The van der Waals surface area contributed by atoms with Crippen LogP contribution in [0.25, 0.3) is 11.0 Å². The van der Waals surface area contributed by atoms with Crippen LogP contribution in [0.4, 0.5) is 5.69 Å². The molecule has 1 saturated heterocycles. The Balaban J connectivity index is 1.44. The lowest BCUT2D eigenvalue weighted by molar-refractivity contribution is 0.101. The van der Waals surface area contributed by atoms with Gasteiger partial charge in [0.25, 0.3) is 5.56 Å². The number of pyridine rings is 2. The van der Waals surface area contributed by atoms with Crippen LogP contribution in [-0.4, -0.2) is 45.1 Å². The SMILES string of the molecule is O=c1[nH]c2c(NC3CCN(C4CCC4)CC3)c3c(nc2cc1O)CCC3. The Morgan fingerprint density at radius 1 is 1.15 bits per heavy atom. The van der Waals surface area contributed by atoms with Gasteiger partial charge in [0, 0.05) is 36.9 Å². The van der Waals surface area contributed by atoms with Crippen LogP contribution in [0, 0.1) is 0 Å². The molecule has 0 unspecified atom stereocenters. The van der Waals surface area contributed by atoms with E-state index in [9.17, 15) is 9.90 Å². The number of aromatic amines is 1. The molecule has 0 spiro atoms. The van der Waals surface area contributed by atoms with Crippen LogP contribution < -0.4 is 10.9 Å². The largest absolute Gasteiger partial charge is 0.503 e. The number of aryl methyl sites for hydroxylation is 1. The van der Waals surface area contributed by atoms with E-state index in [1.54, 1.807) is 0 Å². The summed E-state index contributed by atoms with van der Waals surface area (Å²) in [5, 5.41) is 13.5. The van der Waals surface area contributed by atoms with Gasteiger partial charge in [-0.05, 0) is 50.5 Å². The van der Waals surface area contributed by atoms with Gasteiger partial charge in [-0.2, -0.15) is 0 Å². The molecule has 5 rings (SSSR count). The molecule has 138 valence electrons. The van der Waals surface area contributed by atoms with E-state index in [0.29, 0.717) is 11.6 Å². The standard InChI is InChI=1S/C20H26N4O2/c25-17-11-16-19(23-20(17)26)18(14-5-2-6-15(14)22-16)21-12-7-9-24(10-8-12)13-3-1-4-13/h11-13,25H,1-10H2,(H,21,22)(H,23,26). The fraction of sp³-hybridized carbons (Fsp3) is 0.600. The van der Waals surface area contributed by atoms with Crippen LogP contribution in [-0.2, 0) is 12.8 Å². The van der Waals surface area contributed by atoms with Crippen molar-refractivity contribution < 1.29 is 5.11 Å². The number of piperidine rings is 1. The fourth-order valence-corrected chi connectivity index (χ4v) is 4.73. The lowest BCUT2D eigenvalue weighted by atomic mass is 9.89. The summed E-state index contributed by atoms with van der Waals surface area (Å²) in [7, 11) is 0. The van der Waals surface area contributed by atoms with Crippen molar-refractivity contribution in [2.45, 2.75) is 63.5 Å². The number of hydrogen-bond acceptors (Lipinski definition) is 5. The highest BCUT2D eigenvalue weighted by atomic mass is 16.3. The fourth-order valence-electron chi connectivity index (χ4n) is 4.73. The summed E-state index contributed by atoms with van der Waals surface area (Å²) >= 11 is 0. The Labute approximate surface area is 152 Å². The Bertz CT molecular complexity index is 895. The monoisotopic (exact) mass is 354 g/mol. The third-order valence-corrected chi connectivity index (χ3v) is 6.47. The highest BCUT2D eigenvalue weighted by Gasteiger charge is 2.30. The van der Waals surface area contributed by atoms with Gasteiger partial charge in [-0.15, -0.1) is 0 Å². The van der Waals surface area contributed by atoms with Crippen LogP contribution in [0.5, 0.6) is 5.75 Å². The maximum atomic E-state index is 12.0. The molecule has 2 aromatic rings. The maximum Gasteiger partial charge on any atom is 0.290 e. The van der Waals surface area contributed by atoms with Gasteiger partial charge in [0.2, 0.25) is 0 Å². The lowest BCUT2D eigenvalue weighted by Gasteiger charge is -2.42. The second-order valence-corrected chi connectivity index (χ2v) is 8.05. The second-order valence-electron chi connectivity index (χ2n) is 8.05. The number of aromatic hydroxyl groups is 1. The summed E-state index contributed by atoms with van der Waals surface area (Å²) in [6.07, 6.45) is 9.47. The molecule has 0 bridgehead atoms. The van der Waals surface area contributed by atoms with Gasteiger partial charge in [-0.1, -0.05) is 6.42 Å². The summed E-state index contributed by atoms with van der Waals surface area (Å²) in [5.41, 5.74) is 4.38. The molecule has 3 heterocycles. The Kier molecular flexibility index (Phi) is 3.89. The predicted octanol–water partition coefficient (Wildman–Crippen LogP) is 2.55. The maximum absolute atomic E-state index is 12.0. The molecular weight excluding hydrogens is 328 g/mol. The molecular formula is C20H26N4O2. The highest BCUT2D eigenvalue weighted by Crippen LogP contribution is 2.35. The third-order valence-electron chi connectivity index (χ3n) is 6.47. The molecule has 1 aliphatic heterocycles. The number of nitrogens with one attached hydrogen (secondary N) is 2. The van der Waals surface area contributed by atoms with Gasteiger partial charge in [0.1, 0.15) is 0 Å². The Morgan fingerprint density at radius 2 is 1.96 bits per heavy atom. The summed E-state index contributed by atoms with van der Waals surface area (Å²) in [6.45, 7) is 2.32. The lowest BCUT2D eigenvalue weighted by Crippen LogP contribution is -2.47. The van der Waals surface area contributed by atoms with Crippen molar-refractivity contribution in [2.24, 2.45) is 0 Å². The molecule has 2 fully saturated rings. The first-order valence-corrected chi connectivity index (χ1v) is 9.97. The number of likely N-dealkylation sites (tertiary alicyclic amines) is 1. The first-order valence-electron chi connectivity index (χ1n) is 9.97. The van der Waals surface area contributed by atoms with E-state index >= 15 is 0 Å². The smallest absolute Gasteiger partial charge is 0.290 e. The van der Waals surface area contributed by atoms with Gasteiger partial charge in [0.05, 0.1) is 16.7 Å². The third kappa shape index (κ3) is 2.67. The number of fused-ring (bicyclic) bond motifs is 2. The number of hydrogen-bond donors (Lipinski definition) is 3. The first-order chi connectivity index (χ1) is 12.7. The zero-order chi connectivity index (χ0) is 17.7. The quantitative estimate of drug-likeness (QED) is 0.789. The number of rotatable bonds is 3. The summed E-state index contributed by atoms with van der Waals surface area (Å²) in [6, 6.07) is 2.75. The molecule has 2 aliphatic carbocycles. The van der Waals surface area contributed by atoms with Crippen LogP contribution in [0.1, 0.15) is 49.8 Å². The molecule has 2 aromatic heterocycles. The van der Waals surface area contributed by atoms with Crippen LogP contribution in [0.2, 0.25) is 0 Å². The van der Waals surface area contributed by atoms with Crippen molar-refractivity contribution in [1.82, 2.24) is 14.9 Å². The van der Waals surface area contributed by atoms with Gasteiger partial charge < -0.3 is 20.3 Å². The van der Waals surface area contributed by atoms with E-state index in [0.717, 1.165) is 68.1 Å². The average molecular weight is 354 g/mol. The zero-order valence-corrected chi connectivity index (χ0v) is 15.1. The van der Waals surface area contributed by atoms with E-state index < -0.39 is 5.56 Å². The molecule has 6 nitrogen and oxygen atoms in total. The molecule has 0 atom stereocenters. The molecule has 1 saturated carbocycles. The van der Waals surface area contributed by atoms with Gasteiger partial charge >= 0.3 is 0 Å². The molecule has 0 amide bonds. The van der Waals surface area contributed by atoms with Crippen LogP contribution in [0.15, 0.2) is 10.9 Å². The van der Waals surface area contributed by atoms with E-state index in [4.69, 9.17) is 0 Å². The van der Waals surface area contributed by atoms with Gasteiger partial charge in [-0.3, -0.25) is 9.78 Å². The minimum absolute atomic E-state index is 0.261. The number of H-pyrrole nitrogens is 1. The van der Waals surface area contributed by atoms with E-state index in [1.807, 2.05) is 0 Å². The van der Waals surface area contributed by atoms with Crippen molar-refractivity contribution in [3.63, 3.8) is 0 Å². The average Bonchev–Trinajstić information content (AvgIpc) is 3.05. The normalized spacial score (nSPS) is 21.7. The van der Waals surface area contributed by atoms with Crippen LogP contribution >= 0.6 is 0 Å². The first kappa shape index (κ1) is 16.1. The predicted molar refractivity (Wildman–Crippen MR) is 102 cm³/mol. The van der Waals surface area contributed by atoms with Gasteiger partial charge in [-0.25, -0.2) is 0 Å². The highest BCUT2D eigenvalue weighted by molar-refractivity contribution is 5.91. The minimum atomic E-state index is -0.444. The van der Waals surface area contributed by atoms with E-state index in [2.05, 4.69) is 20.2 Å². The van der Waals surface area contributed by atoms with Crippen molar-refractivity contribution in [2.75, 3.05) is 18.4 Å². The molecule has 3 N–H and O–H groups in total. The van der Waals surface area contributed by atoms with E-state index in [-0.39, 0.29) is 5.75 Å². The van der Waals surface area contributed by atoms with Crippen molar-refractivity contribution >= 4 is 16.7 Å². The van der Waals surface area contributed by atoms with Gasteiger partial charge in [0.15, 0.2) is 5.75 Å². The summed E-state index contributed by atoms with van der Waals surface area (Å²) in [4.78, 5) is 22.2. The molecule has 0 radical (unpaired) electrons. The van der Waals surface area contributed by atoms with Crippen molar-refractivity contribution in [1.29, 1.82) is 0 Å². The van der Waals surface area contributed by atoms with E-state index in [1.165, 1.54) is 30.9 Å². The molecule has 26 heavy (non-hydrogen) atoms. The Morgan fingerprint density at radius 3 is 2.69 bits per heavy atom. The molecule has 3 aliphatic rings. The minimum Gasteiger partial charge on any atom is -0.503 e. The number of aromatic nitrogens is 2. The zero-order valence-electron chi connectivity index (χ0n) is 15.1. The summed E-state index contributed by atoms with van der Waals surface area (Å²) in [5.74, 6) is -0.261. The van der Waals surface area contributed by atoms with Crippen LogP contribution in [0.3, 0.4) is 0 Å². The summed E-state index contributed by atoms with van der Waals surface area (Å²) < 4.78 is 0. The molecule has 0 aromatic carbocycles. The Hall–Kier alpha value is -2.08. The number of nitrogens with zero attached hydrogens (tertiary/aromatic N) is 2.